The van der Waals surface area contributed by atoms with Gasteiger partial charge in [-0.05, 0) is 37.3 Å². The maximum Gasteiger partial charge on any atom is 0.129 e. The van der Waals surface area contributed by atoms with Crippen LogP contribution in [0, 0.1) is 5.92 Å². The van der Waals surface area contributed by atoms with E-state index in [1.54, 1.807) is 6.20 Å². The molecule has 1 fully saturated rings. The molecule has 0 bridgehead atoms. The molecule has 1 aliphatic rings. The Balaban J connectivity index is 2.14. The smallest absolute Gasteiger partial charge is 0.129 e. The number of rotatable bonds is 6. The minimum absolute atomic E-state index is 0.443. The molecule has 0 saturated heterocycles. The topological polar surface area (TPSA) is 42.1 Å². The Morgan fingerprint density at radius 3 is 2.83 bits per heavy atom. The molecule has 0 aromatic carbocycles. The molecule has 3 nitrogen and oxygen atoms in total. The average Bonchev–Trinajstić information content (AvgIpc) is 3.14. The Kier molecular flexibility index (Phi) is 4.17. The molecule has 0 unspecified atom stereocenters. The van der Waals surface area contributed by atoms with Crippen molar-refractivity contribution in [2.75, 3.05) is 11.4 Å². The van der Waals surface area contributed by atoms with E-state index in [-0.39, 0.29) is 0 Å². The molecular weight excluding hydrogens is 242 g/mol. The van der Waals surface area contributed by atoms with Crippen LogP contribution in [0.3, 0.4) is 0 Å². The lowest BCUT2D eigenvalue weighted by Gasteiger charge is -2.24. The first-order valence-corrected chi connectivity index (χ1v) is 7.01. The summed E-state index contributed by atoms with van der Waals surface area (Å²) in [5.41, 5.74) is 6.59. The molecule has 4 heteroatoms. The van der Waals surface area contributed by atoms with Crippen molar-refractivity contribution >= 4 is 23.0 Å². The summed E-state index contributed by atoms with van der Waals surface area (Å²) in [6, 6.07) is 4.55. The summed E-state index contributed by atoms with van der Waals surface area (Å²) < 4.78 is 0. The van der Waals surface area contributed by atoms with Gasteiger partial charge in [0.15, 0.2) is 0 Å². The van der Waals surface area contributed by atoms with Crippen LogP contribution >= 0.6 is 12.2 Å². The molecule has 1 aliphatic carbocycles. The van der Waals surface area contributed by atoms with E-state index in [4.69, 9.17) is 18.0 Å². The number of hydrogen-bond acceptors (Lipinski definition) is 3. The molecule has 1 aromatic heterocycles. The van der Waals surface area contributed by atoms with E-state index in [1.807, 2.05) is 12.1 Å². The van der Waals surface area contributed by atoms with Gasteiger partial charge in [-0.25, -0.2) is 4.98 Å². The number of nitrogens with two attached hydrogens (primary N) is 1. The van der Waals surface area contributed by atoms with Crippen molar-refractivity contribution in [1.29, 1.82) is 0 Å². The van der Waals surface area contributed by atoms with Crippen LogP contribution in [0.1, 0.15) is 38.7 Å². The zero-order chi connectivity index (χ0) is 13.1. The monoisotopic (exact) mass is 263 g/mol. The highest BCUT2D eigenvalue weighted by Crippen LogP contribution is 2.31. The van der Waals surface area contributed by atoms with Crippen molar-refractivity contribution in [3.63, 3.8) is 0 Å². The third kappa shape index (κ3) is 3.42. The maximum atomic E-state index is 5.68. The van der Waals surface area contributed by atoms with Crippen molar-refractivity contribution < 1.29 is 0 Å². The summed E-state index contributed by atoms with van der Waals surface area (Å²) >= 11 is 5.03. The van der Waals surface area contributed by atoms with Crippen LogP contribution in [0.15, 0.2) is 18.3 Å². The first-order valence-electron chi connectivity index (χ1n) is 6.60. The molecule has 1 heterocycles. The molecule has 0 radical (unpaired) electrons. The molecule has 0 amide bonds. The van der Waals surface area contributed by atoms with E-state index in [1.165, 1.54) is 19.3 Å². The lowest BCUT2D eigenvalue weighted by Crippen LogP contribution is -2.29. The van der Waals surface area contributed by atoms with Gasteiger partial charge in [-0.15, -0.1) is 0 Å². The molecule has 0 atom stereocenters. The van der Waals surface area contributed by atoms with Gasteiger partial charge in [0.25, 0.3) is 0 Å². The first kappa shape index (κ1) is 13.3. The minimum Gasteiger partial charge on any atom is -0.389 e. The van der Waals surface area contributed by atoms with Gasteiger partial charge in [0.1, 0.15) is 10.8 Å². The van der Waals surface area contributed by atoms with Crippen molar-refractivity contribution in [3.05, 3.63) is 23.9 Å². The quantitative estimate of drug-likeness (QED) is 0.801. The maximum absolute atomic E-state index is 5.68. The Hall–Kier alpha value is -1.16. The number of aromatic nitrogens is 1. The predicted molar refractivity (Wildman–Crippen MR) is 79.9 cm³/mol. The van der Waals surface area contributed by atoms with Gasteiger partial charge in [-0.3, -0.25) is 0 Å². The molecular formula is C14H21N3S. The summed E-state index contributed by atoms with van der Waals surface area (Å²) in [6.07, 6.45) is 5.54. The molecule has 2 N–H and O–H groups in total. The lowest BCUT2D eigenvalue weighted by molar-refractivity contribution is 0.568. The fraction of sp³-hybridized carbons (Fsp3) is 0.571. The number of anilines is 1. The minimum atomic E-state index is 0.443. The van der Waals surface area contributed by atoms with Gasteiger partial charge < -0.3 is 10.6 Å². The Morgan fingerprint density at radius 1 is 1.56 bits per heavy atom. The van der Waals surface area contributed by atoms with Crippen LogP contribution in [0.25, 0.3) is 0 Å². The molecule has 2 rings (SSSR count). The van der Waals surface area contributed by atoms with Gasteiger partial charge in [-0.2, -0.15) is 0 Å². The Bertz CT molecular complexity index is 427. The normalized spacial score (nSPS) is 14.8. The fourth-order valence-corrected chi connectivity index (χ4v) is 2.12. The zero-order valence-corrected chi connectivity index (χ0v) is 11.9. The van der Waals surface area contributed by atoms with Crippen LogP contribution in [0.5, 0.6) is 0 Å². The second kappa shape index (κ2) is 5.65. The molecule has 1 aromatic rings. The molecule has 18 heavy (non-hydrogen) atoms. The molecule has 0 spiro atoms. The highest BCUT2D eigenvalue weighted by molar-refractivity contribution is 7.80. The van der Waals surface area contributed by atoms with E-state index in [2.05, 4.69) is 23.7 Å². The highest BCUT2D eigenvalue weighted by atomic mass is 32.1. The number of hydrogen-bond donors (Lipinski definition) is 1. The summed E-state index contributed by atoms with van der Waals surface area (Å²) in [4.78, 5) is 7.32. The van der Waals surface area contributed by atoms with Crippen molar-refractivity contribution in [1.82, 2.24) is 4.98 Å². The van der Waals surface area contributed by atoms with Crippen LogP contribution in [-0.4, -0.2) is 22.6 Å². The van der Waals surface area contributed by atoms with Crippen LogP contribution in [0.2, 0.25) is 0 Å². The van der Waals surface area contributed by atoms with E-state index in [9.17, 15) is 0 Å². The number of pyridine rings is 1. The summed E-state index contributed by atoms with van der Waals surface area (Å²) in [6.45, 7) is 5.57. The van der Waals surface area contributed by atoms with Crippen molar-refractivity contribution in [3.8, 4) is 0 Å². The van der Waals surface area contributed by atoms with Crippen LogP contribution in [-0.2, 0) is 0 Å². The van der Waals surface area contributed by atoms with Gasteiger partial charge in [-0.1, -0.05) is 26.1 Å². The predicted octanol–water partition coefficient (Wildman–Crippen LogP) is 2.73. The summed E-state index contributed by atoms with van der Waals surface area (Å²) in [5.74, 6) is 1.73. The number of nitrogens with zero attached hydrogens (tertiary/aromatic N) is 2. The molecule has 0 aliphatic heterocycles. The van der Waals surface area contributed by atoms with E-state index in [0.29, 0.717) is 16.9 Å². The highest BCUT2D eigenvalue weighted by Gasteiger charge is 2.29. The average molecular weight is 263 g/mol. The van der Waals surface area contributed by atoms with Gasteiger partial charge in [0, 0.05) is 24.3 Å². The van der Waals surface area contributed by atoms with Crippen LogP contribution < -0.4 is 10.6 Å². The third-order valence-corrected chi connectivity index (χ3v) is 3.49. The second-order valence-corrected chi connectivity index (χ2v) is 5.81. The van der Waals surface area contributed by atoms with Gasteiger partial charge in [0.2, 0.25) is 0 Å². The van der Waals surface area contributed by atoms with Crippen molar-refractivity contribution in [2.24, 2.45) is 11.7 Å². The van der Waals surface area contributed by atoms with E-state index < -0.39 is 0 Å². The fourth-order valence-electron chi connectivity index (χ4n) is 2.00. The Morgan fingerprint density at radius 2 is 2.28 bits per heavy atom. The SMILES string of the molecule is CC(C)CCN(c1cc(C(N)=S)ccn1)C1CC1. The zero-order valence-electron chi connectivity index (χ0n) is 11.1. The largest absolute Gasteiger partial charge is 0.389 e. The van der Waals surface area contributed by atoms with Gasteiger partial charge >= 0.3 is 0 Å². The standard InChI is InChI=1S/C14H21N3S/c1-10(2)6-8-17(12-3-4-12)13-9-11(14(15)18)5-7-16-13/h5,7,9-10,12H,3-4,6,8H2,1-2H3,(H2,15,18). The lowest BCUT2D eigenvalue weighted by atomic mass is 10.1. The van der Waals surface area contributed by atoms with Crippen molar-refractivity contribution in [2.45, 2.75) is 39.2 Å². The first-order chi connectivity index (χ1) is 8.58. The van der Waals surface area contributed by atoms with Gasteiger partial charge in [0.05, 0.1) is 0 Å². The number of thiocarbonyl (C=S) groups is 1. The molecule has 1 saturated carbocycles. The van der Waals surface area contributed by atoms with E-state index >= 15 is 0 Å². The summed E-state index contributed by atoms with van der Waals surface area (Å²) in [5, 5.41) is 0. The Labute approximate surface area is 114 Å². The van der Waals surface area contributed by atoms with E-state index in [0.717, 1.165) is 17.9 Å². The second-order valence-electron chi connectivity index (χ2n) is 5.37. The third-order valence-electron chi connectivity index (χ3n) is 3.26. The summed E-state index contributed by atoms with van der Waals surface area (Å²) in [7, 11) is 0. The molecule has 98 valence electrons. The van der Waals surface area contributed by atoms with Crippen LogP contribution in [0.4, 0.5) is 5.82 Å².